The molecule has 1 aromatic carbocycles. The summed E-state index contributed by atoms with van der Waals surface area (Å²) in [6.45, 7) is 19.9. The highest BCUT2D eigenvalue weighted by Crippen LogP contribution is 2.77. The summed E-state index contributed by atoms with van der Waals surface area (Å²) < 4.78 is 6.16. The maximum absolute atomic E-state index is 14.8. The van der Waals surface area contributed by atoms with Gasteiger partial charge < -0.3 is 14.7 Å². The zero-order valence-electron chi connectivity index (χ0n) is 33.3. The molecule has 4 fully saturated rings. The highest BCUT2D eigenvalue weighted by molar-refractivity contribution is 6.30. The summed E-state index contributed by atoms with van der Waals surface area (Å²) in [6.07, 6.45) is 7.28. The third-order valence-electron chi connectivity index (χ3n) is 15.9. The molecule has 0 aromatic heterocycles. The lowest BCUT2D eigenvalue weighted by molar-refractivity contribution is -0.233. The number of allylic oxidation sites excluding steroid dienone is 1. The fourth-order valence-corrected chi connectivity index (χ4v) is 13.3. The number of esters is 1. The number of hydrogen-bond acceptors (Lipinski definition) is 5. The zero-order valence-corrected chi connectivity index (χ0v) is 34.0. The Hall–Kier alpha value is -2.67. The Morgan fingerprint density at radius 3 is 2.29 bits per heavy atom. The second-order valence-corrected chi connectivity index (χ2v) is 20.2. The third kappa shape index (κ3) is 5.80. The van der Waals surface area contributed by atoms with Crippen molar-refractivity contribution in [3.8, 4) is 0 Å². The number of amides is 1. The molecule has 0 radical (unpaired) electrons. The van der Waals surface area contributed by atoms with Crippen molar-refractivity contribution in [1.29, 1.82) is 0 Å². The normalized spacial score (nSPS) is 36.7. The molecule has 8 heteroatoms. The van der Waals surface area contributed by atoms with Crippen LogP contribution in [-0.4, -0.2) is 46.8 Å². The van der Waals surface area contributed by atoms with E-state index in [1.54, 1.807) is 13.8 Å². The largest absolute Gasteiger partial charge is 0.481 e. The molecule has 286 valence electrons. The molecule has 5 aliphatic rings. The van der Waals surface area contributed by atoms with Gasteiger partial charge in [-0.3, -0.25) is 19.2 Å². The number of aliphatic carboxylic acids is 1. The van der Waals surface area contributed by atoms with Gasteiger partial charge in [0, 0.05) is 30.5 Å². The molecule has 0 heterocycles. The van der Waals surface area contributed by atoms with Crippen molar-refractivity contribution >= 4 is 35.2 Å². The second-order valence-electron chi connectivity index (χ2n) is 19.8. The van der Waals surface area contributed by atoms with Crippen molar-refractivity contribution in [3.63, 3.8) is 0 Å². The van der Waals surface area contributed by atoms with E-state index in [-0.39, 0.29) is 64.1 Å². The SMILES string of the molecule is CC(C)C1=C2[C@H]3CC[C@@H]4[C@@]5(C)CC[C@H](OC(=O)CC(C)(C)C(=O)O)C(C)(C)[C@@H]5CC[C@@]4(C)[C@]3(C)CC[C@@]2(C(=O)N(C)Cc2cccc(Cl)c2)CC1=O. The number of carboxylic acids is 1. The van der Waals surface area contributed by atoms with Gasteiger partial charge in [-0.25, -0.2) is 0 Å². The number of benzene rings is 1. The lowest BCUT2D eigenvalue weighted by Gasteiger charge is -2.72. The molecule has 6 rings (SSSR count). The van der Waals surface area contributed by atoms with Gasteiger partial charge in [-0.2, -0.15) is 0 Å². The standard InChI is InChI=1S/C44H62ClNO6/c1-26(2)35-30(47)23-44(37(49)46(10)25-27-12-11-13-28(45)22-27)21-20-42(8)29(36(35)44)14-15-32-41(7)18-17-33(52-34(48)24-39(3,4)38(50)51)40(5,6)31(41)16-19-43(32,42)9/h11-13,22,26,29,31-33H,14-21,23-25H2,1-10H3,(H,50,51)/t29-,31+,32-,33+,41+,42-,43-,44-/m1/s1. The van der Waals surface area contributed by atoms with Crippen LogP contribution in [-0.2, 0) is 30.5 Å². The molecule has 1 aromatic rings. The lowest BCUT2D eigenvalue weighted by atomic mass is 9.33. The summed E-state index contributed by atoms with van der Waals surface area (Å²) >= 11 is 6.31. The first-order valence-corrected chi connectivity index (χ1v) is 20.1. The fraction of sp³-hybridized carbons (Fsp3) is 0.727. The number of ketones is 1. The average Bonchev–Trinajstić information content (AvgIpc) is 3.35. The van der Waals surface area contributed by atoms with Crippen LogP contribution in [0.3, 0.4) is 0 Å². The van der Waals surface area contributed by atoms with E-state index in [9.17, 15) is 24.3 Å². The van der Waals surface area contributed by atoms with Crippen LogP contribution >= 0.6 is 11.6 Å². The maximum Gasteiger partial charge on any atom is 0.309 e. The van der Waals surface area contributed by atoms with Gasteiger partial charge in [-0.15, -0.1) is 0 Å². The van der Waals surface area contributed by atoms with Crippen molar-refractivity contribution in [3.05, 3.63) is 46.0 Å². The average molecular weight is 736 g/mol. The van der Waals surface area contributed by atoms with Gasteiger partial charge in [-0.05, 0) is 134 Å². The van der Waals surface area contributed by atoms with E-state index in [0.29, 0.717) is 29.8 Å². The quantitative estimate of drug-likeness (QED) is 0.267. The number of hydrogen-bond donors (Lipinski definition) is 1. The molecular weight excluding hydrogens is 674 g/mol. The molecule has 0 unspecified atom stereocenters. The Labute approximate surface area is 316 Å². The van der Waals surface area contributed by atoms with Crippen LogP contribution in [0.4, 0.5) is 0 Å². The number of ether oxygens (including phenoxy) is 1. The smallest absolute Gasteiger partial charge is 0.309 e. The number of halogens is 1. The topological polar surface area (TPSA) is 101 Å². The predicted octanol–water partition coefficient (Wildman–Crippen LogP) is 9.69. The molecule has 0 saturated heterocycles. The minimum Gasteiger partial charge on any atom is -0.481 e. The Bertz CT molecular complexity index is 1690. The van der Waals surface area contributed by atoms with Gasteiger partial charge in [0.25, 0.3) is 0 Å². The number of carbonyl (C=O) groups excluding carboxylic acids is 3. The Morgan fingerprint density at radius 1 is 0.962 bits per heavy atom. The number of fused-ring (bicyclic) bond motifs is 7. The van der Waals surface area contributed by atoms with Crippen molar-refractivity contribution in [1.82, 2.24) is 4.90 Å². The van der Waals surface area contributed by atoms with Crippen molar-refractivity contribution in [2.24, 2.45) is 56.2 Å². The molecule has 4 saturated carbocycles. The molecule has 52 heavy (non-hydrogen) atoms. The number of rotatable bonds is 8. The molecule has 0 aliphatic heterocycles. The molecule has 1 N–H and O–H groups in total. The molecule has 5 aliphatic carbocycles. The van der Waals surface area contributed by atoms with Gasteiger partial charge in [-0.1, -0.05) is 72.2 Å². The van der Waals surface area contributed by atoms with Crippen molar-refractivity contribution < 1.29 is 29.0 Å². The summed E-state index contributed by atoms with van der Waals surface area (Å²) in [5.74, 6) is -0.185. The third-order valence-corrected chi connectivity index (χ3v) is 16.1. The predicted molar refractivity (Wildman–Crippen MR) is 203 cm³/mol. The van der Waals surface area contributed by atoms with Crippen LogP contribution in [0.2, 0.25) is 5.02 Å². The summed E-state index contributed by atoms with van der Waals surface area (Å²) in [5, 5.41) is 10.3. The van der Waals surface area contributed by atoms with Crippen LogP contribution in [0.1, 0.15) is 132 Å². The Balaban J connectivity index is 1.30. The van der Waals surface area contributed by atoms with E-state index in [2.05, 4.69) is 48.5 Å². The van der Waals surface area contributed by atoms with Crippen LogP contribution < -0.4 is 0 Å². The first-order valence-electron chi connectivity index (χ1n) is 19.8. The van der Waals surface area contributed by atoms with E-state index in [0.717, 1.165) is 61.7 Å². The van der Waals surface area contributed by atoms with E-state index in [4.69, 9.17) is 16.3 Å². The highest BCUT2D eigenvalue weighted by atomic mass is 35.5. The van der Waals surface area contributed by atoms with E-state index >= 15 is 0 Å². The minimum absolute atomic E-state index is 0.00883. The Morgan fingerprint density at radius 2 is 1.65 bits per heavy atom. The highest BCUT2D eigenvalue weighted by Gasteiger charge is 2.71. The lowest BCUT2D eigenvalue weighted by Crippen LogP contribution is -2.66. The molecule has 8 atom stereocenters. The molecule has 0 bridgehead atoms. The fourth-order valence-electron chi connectivity index (χ4n) is 13.0. The zero-order chi connectivity index (χ0) is 38.4. The summed E-state index contributed by atoms with van der Waals surface area (Å²) in [5.41, 5.74) is 0.801. The first-order chi connectivity index (χ1) is 24.0. The van der Waals surface area contributed by atoms with Crippen LogP contribution in [0.25, 0.3) is 0 Å². The van der Waals surface area contributed by atoms with Crippen molar-refractivity contribution in [2.75, 3.05) is 7.05 Å². The van der Waals surface area contributed by atoms with E-state index in [1.807, 2.05) is 36.2 Å². The summed E-state index contributed by atoms with van der Waals surface area (Å²) in [7, 11) is 1.88. The van der Waals surface area contributed by atoms with Crippen LogP contribution in [0.5, 0.6) is 0 Å². The van der Waals surface area contributed by atoms with Gasteiger partial charge >= 0.3 is 11.9 Å². The van der Waals surface area contributed by atoms with E-state index < -0.39 is 22.8 Å². The van der Waals surface area contributed by atoms with Crippen LogP contribution in [0.15, 0.2) is 35.4 Å². The number of carboxylic acid groups (broad SMARTS) is 1. The maximum atomic E-state index is 14.8. The first kappa shape index (κ1) is 39.0. The number of Topliss-reactive ketones (excluding diaryl/α,β-unsaturated/α-hetero) is 1. The van der Waals surface area contributed by atoms with E-state index in [1.165, 1.54) is 0 Å². The monoisotopic (exact) mass is 735 g/mol. The summed E-state index contributed by atoms with van der Waals surface area (Å²) in [6, 6.07) is 7.67. The minimum atomic E-state index is -1.17. The van der Waals surface area contributed by atoms with Gasteiger partial charge in [0.2, 0.25) is 5.91 Å². The van der Waals surface area contributed by atoms with Crippen molar-refractivity contribution in [2.45, 2.75) is 139 Å². The van der Waals surface area contributed by atoms with Gasteiger partial charge in [0.1, 0.15) is 6.10 Å². The molecule has 0 spiro atoms. The number of nitrogens with zero attached hydrogens (tertiary/aromatic N) is 1. The van der Waals surface area contributed by atoms with Crippen LogP contribution in [0, 0.1) is 56.2 Å². The Kier molecular flexibility index (Phi) is 9.74. The second kappa shape index (κ2) is 13.0. The molecular formula is C44H62ClNO6. The number of carbonyl (C=O) groups is 4. The molecule has 1 amide bonds. The molecule has 7 nitrogen and oxygen atoms in total. The summed E-state index contributed by atoms with van der Waals surface area (Å²) in [4.78, 5) is 55.6. The van der Waals surface area contributed by atoms with Gasteiger partial charge in [0.15, 0.2) is 5.78 Å². The van der Waals surface area contributed by atoms with Gasteiger partial charge in [0.05, 0.1) is 17.3 Å².